The van der Waals surface area contributed by atoms with Gasteiger partial charge in [0.05, 0.1) is 11.0 Å². The van der Waals surface area contributed by atoms with E-state index in [0.29, 0.717) is 0 Å². The van der Waals surface area contributed by atoms with Crippen LogP contribution in [0.15, 0.2) is 23.3 Å². The molecule has 6 nitrogen and oxygen atoms in total. The Morgan fingerprint density at radius 1 is 1.20 bits per heavy atom. The number of carboxylic acids is 2. The number of hydrogen-bond acceptors (Lipinski definition) is 4. The fraction of sp³-hybridized carbons (Fsp3) is 0.500. The van der Waals surface area contributed by atoms with Crippen LogP contribution in [0, 0.1) is 5.41 Å². The number of rotatable bonds is 3. The Hall–Kier alpha value is -2.11. The molecule has 0 saturated carbocycles. The Labute approximate surface area is 116 Å². The van der Waals surface area contributed by atoms with Crippen LogP contribution in [0.1, 0.15) is 34.1 Å². The number of hydrogen-bond donors (Lipinski definition) is 2. The molecule has 1 aliphatic carbocycles. The van der Waals surface area contributed by atoms with Crippen LogP contribution in [-0.2, 0) is 19.1 Å². The van der Waals surface area contributed by atoms with E-state index in [1.165, 1.54) is 13.0 Å². The molecule has 1 rings (SSSR count). The molecule has 0 amide bonds. The highest BCUT2D eigenvalue weighted by atomic mass is 16.6. The zero-order valence-corrected chi connectivity index (χ0v) is 11.9. The van der Waals surface area contributed by atoms with Gasteiger partial charge < -0.3 is 14.9 Å². The van der Waals surface area contributed by atoms with Gasteiger partial charge in [-0.2, -0.15) is 0 Å². The molecule has 0 radical (unpaired) electrons. The minimum absolute atomic E-state index is 0.103. The first-order valence-corrected chi connectivity index (χ1v) is 6.08. The maximum atomic E-state index is 12.2. The largest absolute Gasteiger partial charge is 0.478 e. The first kappa shape index (κ1) is 15.9. The summed E-state index contributed by atoms with van der Waals surface area (Å²) in [6, 6.07) is 0. The Bertz CT molecular complexity index is 520. The van der Waals surface area contributed by atoms with E-state index in [-0.39, 0.29) is 17.6 Å². The number of carbonyl (C=O) groups excluding carboxylic acids is 1. The smallest absolute Gasteiger partial charge is 0.335 e. The molecule has 1 aliphatic rings. The minimum atomic E-state index is -1.30. The maximum Gasteiger partial charge on any atom is 0.335 e. The molecule has 110 valence electrons. The second-order valence-electron chi connectivity index (χ2n) is 5.98. The van der Waals surface area contributed by atoms with Gasteiger partial charge in [0.25, 0.3) is 0 Å². The predicted octanol–water partition coefficient (Wildman–Crippen LogP) is 1.76. The van der Waals surface area contributed by atoms with Crippen molar-refractivity contribution in [2.45, 2.75) is 39.7 Å². The van der Waals surface area contributed by atoms with Crippen molar-refractivity contribution in [1.29, 1.82) is 0 Å². The van der Waals surface area contributed by atoms with Gasteiger partial charge in [0.2, 0.25) is 0 Å². The topological polar surface area (TPSA) is 101 Å². The molecule has 2 N–H and O–H groups in total. The van der Waals surface area contributed by atoms with E-state index < -0.39 is 28.9 Å². The molecule has 1 unspecified atom stereocenters. The van der Waals surface area contributed by atoms with E-state index in [1.54, 1.807) is 20.8 Å². The van der Waals surface area contributed by atoms with E-state index in [2.05, 4.69) is 0 Å². The molecule has 0 aliphatic heterocycles. The van der Waals surface area contributed by atoms with Crippen molar-refractivity contribution in [3.8, 4) is 0 Å². The van der Waals surface area contributed by atoms with Crippen LogP contribution in [0.2, 0.25) is 0 Å². The standard InChI is InChI=1S/C14H18O6/c1-13(2,3)20-12(19)14(4)6-8(10(15)16)5-9(7-14)11(17)18/h5-6H,7H2,1-4H3,(H,15,16)(H,17,18). The zero-order chi connectivity index (χ0) is 15.7. The quantitative estimate of drug-likeness (QED) is 0.765. The number of carbonyl (C=O) groups is 3. The van der Waals surface area contributed by atoms with Crippen LogP contribution >= 0.6 is 0 Å². The van der Waals surface area contributed by atoms with Crippen LogP contribution in [-0.4, -0.2) is 33.7 Å². The van der Waals surface area contributed by atoms with E-state index in [0.717, 1.165) is 6.08 Å². The minimum Gasteiger partial charge on any atom is -0.478 e. The summed E-state index contributed by atoms with van der Waals surface area (Å²) >= 11 is 0. The molecule has 1 atom stereocenters. The van der Waals surface area contributed by atoms with Gasteiger partial charge in [0, 0.05) is 5.57 Å². The van der Waals surface area contributed by atoms with Gasteiger partial charge in [-0.1, -0.05) is 6.08 Å². The molecular formula is C14H18O6. The van der Waals surface area contributed by atoms with Crippen molar-refractivity contribution >= 4 is 17.9 Å². The van der Waals surface area contributed by atoms with Crippen LogP contribution in [0.25, 0.3) is 0 Å². The predicted molar refractivity (Wildman–Crippen MR) is 70.0 cm³/mol. The third-order valence-corrected chi connectivity index (χ3v) is 2.75. The molecule has 0 aromatic carbocycles. The van der Waals surface area contributed by atoms with Gasteiger partial charge in [-0.05, 0) is 40.2 Å². The third-order valence-electron chi connectivity index (χ3n) is 2.75. The number of ether oxygens (including phenoxy) is 1. The van der Waals surface area contributed by atoms with Crippen molar-refractivity contribution in [3.63, 3.8) is 0 Å². The molecule has 0 spiro atoms. The van der Waals surface area contributed by atoms with Crippen LogP contribution in [0.5, 0.6) is 0 Å². The summed E-state index contributed by atoms with van der Waals surface area (Å²) in [5.41, 5.74) is -2.38. The summed E-state index contributed by atoms with van der Waals surface area (Å²) in [6.45, 7) is 6.53. The van der Waals surface area contributed by atoms with Crippen molar-refractivity contribution in [1.82, 2.24) is 0 Å². The van der Waals surface area contributed by atoms with Crippen molar-refractivity contribution in [2.24, 2.45) is 5.41 Å². The zero-order valence-electron chi connectivity index (χ0n) is 11.9. The summed E-state index contributed by atoms with van der Waals surface area (Å²) in [6.07, 6.45) is 2.21. The molecular weight excluding hydrogens is 264 g/mol. The van der Waals surface area contributed by atoms with Gasteiger partial charge in [0.1, 0.15) is 5.60 Å². The molecule has 6 heteroatoms. The summed E-state index contributed by atoms with van der Waals surface area (Å²) in [7, 11) is 0. The van der Waals surface area contributed by atoms with E-state index in [9.17, 15) is 14.4 Å². The van der Waals surface area contributed by atoms with Crippen molar-refractivity contribution in [2.75, 3.05) is 0 Å². The molecule has 0 aromatic rings. The first-order valence-electron chi connectivity index (χ1n) is 6.08. The highest BCUT2D eigenvalue weighted by molar-refractivity contribution is 5.98. The SMILES string of the molecule is CC(C)(C)OC(=O)C1(C)C=C(C(=O)O)C=C(C(=O)O)C1. The average molecular weight is 282 g/mol. The van der Waals surface area contributed by atoms with Gasteiger partial charge in [-0.3, -0.25) is 4.79 Å². The lowest BCUT2D eigenvalue weighted by molar-refractivity contribution is -0.163. The Morgan fingerprint density at radius 3 is 2.15 bits per heavy atom. The lowest BCUT2D eigenvalue weighted by Crippen LogP contribution is -2.37. The highest BCUT2D eigenvalue weighted by Crippen LogP contribution is 2.36. The maximum absolute atomic E-state index is 12.2. The second kappa shape index (κ2) is 5.11. The van der Waals surface area contributed by atoms with Crippen molar-refractivity contribution < 1.29 is 29.3 Å². The Balaban J connectivity index is 3.18. The van der Waals surface area contributed by atoms with Gasteiger partial charge in [0.15, 0.2) is 0 Å². The van der Waals surface area contributed by atoms with Gasteiger partial charge >= 0.3 is 17.9 Å². The van der Waals surface area contributed by atoms with Crippen LogP contribution < -0.4 is 0 Å². The van der Waals surface area contributed by atoms with Gasteiger partial charge in [-0.25, -0.2) is 9.59 Å². The lowest BCUT2D eigenvalue weighted by atomic mass is 9.77. The van der Waals surface area contributed by atoms with Crippen LogP contribution in [0.3, 0.4) is 0 Å². The first-order chi connectivity index (χ1) is 8.94. The molecule has 20 heavy (non-hydrogen) atoms. The van der Waals surface area contributed by atoms with E-state index in [4.69, 9.17) is 14.9 Å². The molecule has 0 fully saturated rings. The molecule has 0 bridgehead atoms. The summed E-state index contributed by atoms with van der Waals surface area (Å²) in [5.74, 6) is -3.17. The highest BCUT2D eigenvalue weighted by Gasteiger charge is 2.40. The van der Waals surface area contributed by atoms with E-state index in [1.807, 2.05) is 0 Å². The van der Waals surface area contributed by atoms with E-state index >= 15 is 0 Å². The summed E-state index contributed by atoms with van der Waals surface area (Å²) < 4.78 is 5.24. The Morgan fingerprint density at radius 2 is 1.75 bits per heavy atom. The summed E-state index contributed by atoms with van der Waals surface area (Å²) in [4.78, 5) is 34.3. The van der Waals surface area contributed by atoms with Crippen LogP contribution in [0.4, 0.5) is 0 Å². The monoisotopic (exact) mass is 282 g/mol. The normalized spacial score (nSPS) is 22.6. The third kappa shape index (κ3) is 3.69. The molecule has 0 heterocycles. The average Bonchev–Trinajstić information content (AvgIpc) is 2.25. The molecule has 0 saturated heterocycles. The fourth-order valence-corrected chi connectivity index (χ4v) is 1.86. The molecule has 0 aromatic heterocycles. The lowest BCUT2D eigenvalue weighted by Gasteiger charge is -2.31. The second-order valence-corrected chi connectivity index (χ2v) is 5.98. The Kier molecular flexibility index (Phi) is 4.07. The number of esters is 1. The number of aliphatic carboxylic acids is 2. The van der Waals surface area contributed by atoms with Gasteiger partial charge in [-0.15, -0.1) is 0 Å². The summed E-state index contributed by atoms with van der Waals surface area (Å²) in [5, 5.41) is 18.1. The fourth-order valence-electron chi connectivity index (χ4n) is 1.86. The van der Waals surface area contributed by atoms with Crippen molar-refractivity contribution in [3.05, 3.63) is 23.3 Å². The number of carboxylic acid groups (broad SMARTS) is 2.